The molecule has 2 fully saturated rings. The van der Waals surface area contributed by atoms with Crippen molar-refractivity contribution in [1.29, 1.82) is 0 Å². The van der Waals surface area contributed by atoms with Gasteiger partial charge in [-0.05, 0) is 75.7 Å². The smallest absolute Gasteiger partial charge is 0.0765 e. The molecule has 2 aromatic rings. The third-order valence-corrected chi connectivity index (χ3v) is 6.31. The number of nitrogens with one attached hydrogen (secondary N) is 1. The van der Waals surface area contributed by atoms with Crippen molar-refractivity contribution in [3.8, 4) is 0 Å². The van der Waals surface area contributed by atoms with E-state index in [9.17, 15) is 0 Å². The average molecular weight is 353 g/mol. The quantitative estimate of drug-likeness (QED) is 0.864. The van der Waals surface area contributed by atoms with Gasteiger partial charge >= 0.3 is 0 Å². The van der Waals surface area contributed by atoms with E-state index in [1.165, 1.54) is 69.7 Å². The average Bonchev–Trinajstić information content (AvgIpc) is 3.31. The van der Waals surface area contributed by atoms with Crippen molar-refractivity contribution in [2.45, 2.75) is 39.2 Å². The highest BCUT2D eigenvalue weighted by atomic mass is 15.2. The molecule has 2 aliphatic heterocycles. The second kappa shape index (κ2) is 8.36. The first-order chi connectivity index (χ1) is 12.8. The zero-order chi connectivity index (χ0) is 17.8. The molecule has 26 heavy (non-hydrogen) atoms. The molecule has 0 unspecified atom stereocenters. The maximum atomic E-state index is 4.39. The number of hydrogen-bond acceptors (Lipinski definition) is 3. The lowest BCUT2D eigenvalue weighted by atomic mass is 9.84. The summed E-state index contributed by atoms with van der Waals surface area (Å²) in [4.78, 5) is 5.27. The number of aromatic amines is 1. The van der Waals surface area contributed by atoms with Crippen LogP contribution in [0.4, 0.5) is 0 Å². The third kappa shape index (κ3) is 4.54. The summed E-state index contributed by atoms with van der Waals surface area (Å²) < 4.78 is 0. The maximum absolute atomic E-state index is 4.39. The number of nitrogens with zero attached hydrogens (tertiary/aromatic N) is 3. The molecule has 0 radical (unpaired) electrons. The van der Waals surface area contributed by atoms with Crippen molar-refractivity contribution < 1.29 is 0 Å². The first-order valence-electron chi connectivity index (χ1n) is 10.3. The molecule has 0 saturated carbocycles. The number of likely N-dealkylation sites (tertiary alicyclic amines) is 2. The minimum atomic E-state index is 0.917. The molecular weight excluding hydrogens is 320 g/mol. The van der Waals surface area contributed by atoms with E-state index in [0.717, 1.165) is 24.1 Å². The molecule has 2 saturated heterocycles. The van der Waals surface area contributed by atoms with Gasteiger partial charge in [0.1, 0.15) is 0 Å². The predicted octanol–water partition coefficient (Wildman–Crippen LogP) is 3.49. The molecule has 0 amide bonds. The molecule has 0 aliphatic carbocycles. The lowest BCUT2D eigenvalue weighted by Gasteiger charge is -2.34. The Labute approximate surface area is 157 Å². The highest BCUT2D eigenvalue weighted by Crippen LogP contribution is 2.32. The van der Waals surface area contributed by atoms with E-state index in [1.54, 1.807) is 0 Å². The summed E-state index contributed by atoms with van der Waals surface area (Å²) in [6, 6.07) is 13.1. The number of aryl methyl sites for hydroxylation is 1. The Morgan fingerprint density at radius 1 is 1.00 bits per heavy atom. The van der Waals surface area contributed by atoms with Gasteiger partial charge in [-0.2, -0.15) is 5.10 Å². The zero-order valence-corrected chi connectivity index (χ0v) is 16.0. The highest BCUT2D eigenvalue weighted by Gasteiger charge is 2.31. The van der Waals surface area contributed by atoms with Gasteiger partial charge in [0.25, 0.3) is 0 Å². The van der Waals surface area contributed by atoms with Crippen LogP contribution in [0.15, 0.2) is 36.4 Å². The number of hydrogen-bond donors (Lipinski definition) is 1. The summed E-state index contributed by atoms with van der Waals surface area (Å²) in [7, 11) is 0. The minimum Gasteiger partial charge on any atom is -0.303 e. The fraction of sp³-hybridized carbons (Fsp3) is 0.591. The van der Waals surface area contributed by atoms with Gasteiger partial charge in [-0.15, -0.1) is 0 Å². The van der Waals surface area contributed by atoms with Crippen LogP contribution in [0.25, 0.3) is 0 Å². The van der Waals surface area contributed by atoms with Gasteiger partial charge in [-0.3, -0.25) is 10.00 Å². The molecule has 4 nitrogen and oxygen atoms in total. The van der Waals surface area contributed by atoms with Crippen LogP contribution in [-0.4, -0.2) is 52.7 Å². The molecule has 1 aromatic heterocycles. The molecule has 0 bridgehead atoms. The summed E-state index contributed by atoms with van der Waals surface area (Å²) in [5, 5.41) is 7.45. The van der Waals surface area contributed by atoms with Crippen LogP contribution in [0.5, 0.6) is 0 Å². The lowest BCUT2D eigenvalue weighted by Crippen LogP contribution is -2.36. The van der Waals surface area contributed by atoms with Crippen LogP contribution < -0.4 is 0 Å². The Hall–Kier alpha value is -1.65. The van der Waals surface area contributed by atoms with Crippen molar-refractivity contribution in [3.63, 3.8) is 0 Å². The molecule has 2 aliphatic rings. The molecule has 140 valence electrons. The van der Waals surface area contributed by atoms with Gasteiger partial charge in [0.15, 0.2) is 0 Å². The van der Waals surface area contributed by atoms with Gasteiger partial charge < -0.3 is 4.90 Å². The molecular formula is C22H32N4. The largest absolute Gasteiger partial charge is 0.303 e. The Morgan fingerprint density at radius 2 is 1.73 bits per heavy atom. The van der Waals surface area contributed by atoms with Crippen molar-refractivity contribution >= 4 is 0 Å². The standard InChI is InChI=1S/C22H32N4/c1-18-15-22(24-23-18)17-26-12-8-20(9-13-26)21-10-14-25(16-21)11-7-19-5-3-2-4-6-19/h2-6,15,20-21H,7-14,16-17H2,1H3,(H,23,24)/t21-/m0/s1. The van der Waals surface area contributed by atoms with E-state index in [-0.39, 0.29) is 0 Å². The third-order valence-electron chi connectivity index (χ3n) is 6.31. The molecule has 1 atom stereocenters. The number of H-pyrrole nitrogens is 1. The van der Waals surface area contributed by atoms with E-state index >= 15 is 0 Å². The lowest BCUT2D eigenvalue weighted by molar-refractivity contribution is 0.140. The van der Waals surface area contributed by atoms with E-state index in [4.69, 9.17) is 0 Å². The highest BCUT2D eigenvalue weighted by molar-refractivity contribution is 5.15. The Bertz CT molecular complexity index is 672. The van der Waals surface area contributed by atoms with Gasteiger partial charge in [0.05, 0.1) is 5.69 Å². The SMILES string of the molecule is Cc1cc(CN2CCC([C@H]3CCN(CCc4ccccc4)C3)CC2)n[nH]1. The normalized spacial score (nSPS) is 22.9. The van der Waals surface area contributed by atoms with Crippen molar-refractivity contribution in [2.24, 2.45) is 11.8 Å². The monoisotopic (exact) mass is 352 g/mol. The molecule has 0 spiro atoms. The molecule has 3 heterocycles. The fourth-order valence-corrected chi connectivity index (χ4v) is 4.75. The Balaban J connectivity index is 1.19. The van der Waals surface area contributed by atoms with Crippen LogP contribution in [0.1, 0.15) is 36.2 Å². The van der Waals surface area contributed by atoms with E-state index in [0.29, 0.717) is 0 Å². The van der Waals surface area contributed by atoms with E-state index in [1.807, 2.05) is 0 Å². The molecule has 4 rings (SSSR count). The number of rotatable bonds is 6. The summed E-state index contributed by atoms with van der Waals surface area (Å²) in [6.07, 6.45) is 5.31. The van der Waals surface area contributed by atoms with Gasteiger partial charge in [-0.25, -0.2) is 0 Å². The van der Waals surface area contributed by atoms with Crippen LogP contribution in [-0.2, 0) is 13.0 Å². The summed E-state index contributed by atoms with van der Waals surface area (Å²) >= 11 is 0. The van der Waals surface area contributed by atoms with Crippen molar-refractivity contribution in [1.82, 2.24) is 20.0 Å². The van der Waals surface area contributed by atoms with Gasteiger partial charge in [0, 0.05) is 25.3 Å². The van der Waals surface area contributed by atoms with E-state index < -0.39 is 0 Å². The zero-order valence-electron chi connectivity index (χ0n) is 16.0. The second-order valence-corrected chi connectivity index (χ2v) is 8.24. The maximum Gasteiger partial charge on any atom is 0.0765 e. The van der Waals surface area contributed by atoms with Crippen LogP contribution in [0.3, 0.4) is 0 Å². The Kier molecular flexibility index (Phi) is 5.71. The van der Waals surface area contributed by atoms with Crippen LogP contribution in [0, 0.1) is 18.8 Å². The topological polar surface area (TPSA) is 35.2 Å². The first-order valence-corrected chi connectivity index (χ1v) is 10.3. The van der Waals surface area contributed by atoms with Crippen molar-refractivity contribution in [2.75, 3.05) is 32.7 Å². The first kappa shape index (κ1) is 17.7. The molecule has 1 aromatic carbocycles. The van der Waals surface area contributed by atoms with Crippen LogP contribution >= 0.6 is 0 Å². The minimum absolute atomic E-state index is 0.917. The fourth-order valence-electron chi connectivity index (χ4n) is 4.75. The van der Waals surface area contributed by atoms with Crippen LogP contribution in [0.2, 0.25) is 0 Å². The Morgan fingerprint density at radius 3 is 2.46 bits per heavy atom. The second-order valence-electron chi connectivity index (χ2n) is 8.24. The number of benzene rings is 1. The van der Waals surface area contributed by atoms with E-state index in [2.05, 4.69) is 63.3 Å². The summed E-state index contributed by atoms with van der Waals surface area (Å²) in [6.45, 7) is 9.38. The number of piperidine rings is 1. The predicted molar refractivity (Wildman–Crippen MR) is 106 cm³/mol. The molecule has 4 heteroatoms. The number of aromatic nitrogens is 2. The van der Waals surface area contributed by atoms with Crippen molar-refractivity contribution in [3.05, 3.63) is 53.3 Å². The van der Waals surface area contributed by atoms with Gasteiger partial charge in [0.2, 0.25) is 0 Å². The van der Waals surface area contributed by atoms with Gasteiger partial charge in [-0.1, -0.05) is 30.3 Å². The summed E-state index contributed by atoms with van der Waals surface area (Å²) in [5.41, 5.74) is 3.82. The molecule has 1 N–H and O–H groups in total. The summed E-state index contributed by atoms with van der Waals surface area (Å²) in [5.74, 6) is 1.84.